The molecule has 1 saturated heterocycles. The molecule has 2 heterocycles. The van der Waals surface area contributed by atoms with Crippen molar-refractivity contribution in [1.82, 2.24) is 14.9 Å². The number of aromatic nitrogens is 2. The van der Waals surface area contributed by atoms with Crippen molar-refractivity contribution in [2.45, 2.75) is 51.8 Å². The lowest BCUT2D eigenvalue weighted by molar-refractivity contribution is -0.156. The Balaban J connectivity index is 1.72. The van der Waals surface area contributed by atoms with Crippen molar-refractivity contribution in [3.8, 4) is 0 Å². The molecule has 1 aromatic carbocycles. The zero-order valence-corrected chi connectivity index (χ0v) is 18.6. The molecule has 1 aliphatic rings. The van der Waals surface area contributed by atoms with E-state index in [1.54, 1.807) is 26.0 Å². The quantitative estimate of drug-likeness (QED) is 0.634. The topological polar surface area (TPSA) is 90.3 Å². The number of carbonyl (C=O) groups is 2. The molecule has 0 spiro atoms. The molecule has 1 aromatic heterocycles. The number of Topliss-reactive ketones (excluding diaryl/α,β-unsaturated/α-hetero) is 1. The minimum Gasteiger partial charge on any atom is -0.460 e. The summed E-state index contributed by atoms with van der Waals surface area (Å²) in [6, 6.07) is 2.96. The van der Waals surface area contributed by atoms with Crippen molar-refractivity contribution in [2.24, 2.45) is 5.92 Å². The summed E-state index contributed by atoms with van der Waals surface area (Å²) in [5, 5.41) is 4.02. The van der Waals surface area contributed by atoms with Crippen LogP contribution in [0.4, 0.5) is 0 Å². The van der Waals surface area contributed by atoms with Crippen molar-refractivity contribution in [3.05, 3.63) is 38.3 Å². The van der Waals surface area contributed by atoms with Gasteiger partial charge >= 0.3 is 5.97 Å². The second-order valence-corrected chi connectivity index (χ2v) is 8.80. The van der Waals surface area contributed by atoms with Gasteiger partial charge in [-0.2, -0.15) is 0 Å². The summed E-state index contributed by atoms with van der Waals surface area (Å²) in [6.07, 6.45) is 2.79. The molecule has 0 bridgehead atoms. The van der Waals surface area contributed by atoms with E-state index in [0.29, 0.717) is 26.8 Å². The summed E-state index contributed by atoms with van der Waals surface area (Å²) in [4.78, 5) is 41.6. The summed E-state index contributed by atoms with van der Waals surface area (Å²) in [5.74, 6) is -0.627. The minimum absolute atomic E-state index is 0.0987. The van der Waals surface area contributed by atoms with Gasteiger partial charge in [-0.3, -0.25) is 19.0 Å². The Hall–Kier alpha value is -1.77. The SMILES string of the molecule is CC(C)C(=O)OC1CCCNC1CC(=O)Cn1cnc2cc(Br)c(Cl)cc2c1=O. The highest BCUT2D eigenvalue weighted by Crippen LogP contribution is 2.25. The van der Waals surface area contributed by atoms with Gasteiger partial charge in [0.05, 0.1) is 40.8 Å². The number of esters is 1. The van der Waals surface area contributed by atoms with E-state index < -0.39 is 0 Å². The molecule has 29 heavy (non-hydrogen) atoms. The minimum atomic E-state index is -0.342. The average Bonchev–Trinajstić information content (AvgIpc) is 2.67. The Morgan fingerprint density at radius 3 is 2.90 bits per heavy atom. The molecule has 2 aromatic rings. The summed E-state index contributed by atoms with van der Waals surface area (Å²) in [6.45, 7) is 4.22. The highest BCUT2D eigenvalue weighted by molar-refractivity contribution is 9.10. The molecule has 0 amide bonds. The number of rotatable bonds is 6. The highest BCUT2D eigenvalue weighted by Gasteiger charge is 2.30. The van der Waals surface area contributed by atoms with E-state index in [4.69, 9.17) is 16.3 Å². The Bertz CT molecular complexity index is 992. The van der Waals surface area contributed by atoms with E-state index in [2.05, 4.69) is 26.2 Å². The van der Waals surface area contributed by atoms with Crippen LogP contribution in [0.15, 0.2) is 27.7 Å². The Morgan fingerprint density at radius 1 is 1.41 bits per heavy atom. The number of piperidine rings is 1. The first-order valence-electron chi connectivity index (χ1n) is 9.56. The number of ketones is 1. The molecule has 156 valence electrons. The Morgan fingerprint density at radius 2 is 2.17 bits per heavy atom. The maximum Gasteiger partial charge on any atom is 0.308 e. The number of halogens is 2. The first-order chi connectivity index (χ1) is 13.8. The van der Waals surface area contributed by atoms with Crippen molar-refractivity contribution in [3.63, 3.8) is 0 Å². The number of nitrogens with zero attached hydrogens (tertiary/aromatic N) is 2. The molecular weight excluding hydrogens is 462 g/mol. The second kappa shape index (κ2) is 9.36. The highest BCUT2D eigenvalue weighted by atomic mass is 79.9. The number of carbonyl (C=O) groups excluding carboxylic acids is 2. The number of ether oxygens (including phenoxy) is 1. The molecule has 0 aliphatic carbocycles. The molecule has 1 fully saturated rings. The third kappa shape index (κ3) is 5.24. The Kier molecular flexibility index (Phi) is 7.08. The van der Waals surface area contributed by atoms with E-state index in [9.17, 15) is 14.4 Å². The van der Waals surface area contributed by atoms with Crippen LogP contribution < -0.4 is 10.9 Å². The van der Waals surface area contributed by atoms with Crippen LogP contribution >= 0.6 is 27.5 Å². The zero-order chi connectivity index (χ0) is 21.1. The van der Waals surface area contributed by atoms with Crippen LogP contribution in [0.1, 0.15) is 33.1 Å². The van der Waals surface area contributed by atoms with E-state index >= 15 is 0 Å². The monoisotopic (exact) mass is 483 g/mol. The van der Waals surface area contributed by atoms with Crippen LogP contribution in [0, 0.1) is 5.92 Å². The number of fused-ring (bicyclic) bond motifs is 1. The van der Waals surface area contributed by atoms with Gasteiger partial charge in [-0.1, -0.05) is 25.4 Å². The molecule has 0 radical (unpaired) electrons. The van der Waals surface area contributed by atoms with Crippen LogP contribution in [0.2, 0.25) is 5.02 Å². The number of nitrogens with one attached hydrogen (secondary N) is 1. The smallest absolute Gasteiger partial charge is 0.308 e. The predicted molar refractivity (Wildman–Crippen MR) is 114 cm³/mol. The molecule has 2 atom stereocenters. The maximum atomic E-state index is 12.7. The van der Waals surface area contributed by atoms with Crippen LogP contribution in [-0.4, -0.2) is 40.0 Å². The van der Waals surface area contributed by atoms with Crippen molar-refractivity contribution >= 4 is 50.2 Å². The van der Waals surface area contributed by atoms with Crippen LogP contribution in [0.5, 0.6) is 0 Å². The van der Waals surface area contributed by atoms with Gasteiger partial charge in [0.1, 0.15) is 6.10 Å². The largest absolute Gasteiger partial charge is 0.460 e. The maximum absolute atomic E-state index is 12.7. The van der Waals surface area contributed by atoms with Gasteiger partial charge in [-0.05, 0) is 47.4 Å². The second-order valence-electron chi connectivity index (χ2n) is 7.54. The van der Waals surface area contributed by atoms with Gasteiger partial charge in [-0.15, -0.1) is 0 Å². The fourth-order valence-electron chi connectivity index (χ4n) is 3.32. The molecule has 0 saturated carbocycles. The van der Waals surface area contributed by atoms with E-state index in [1.807, 2.05) is 0 Å². The van der Waals surface area contributed by atoms with Crippen molar-refractivity contribution < 1.29 is 14.3 Å². The first kappa shape index (κ1) is 21.9. The van der Waals surface area contributed by atoms with Crippen LogP contribution in [0.3, 0.4) is 0 Å². The lowest BCUT2D eigenvalue weighted by Gasteiger charge is -2.32. The molecule has 1 N–H and O–H groups in total. The molecule has 7 nitrogen and oxygen atoms in total. The first-order valence-corrected chi connectivity index (χ1v) is 10.7. The molecular formula is C20H23BrClN3O4. The molecule has 3 rings (SSSR count). The van der Waals surface area contributed by atoms with E-state index in [-0.39, 0.29) is 48.3 Å². The van der Waals surface area contributed by atoms with E-state index in [0.717, 1.165) is 13.0 Å². The lowest BCUT2D eigenvalue weighted by atomic mass is 9.96. The molecule has 2 unspecified atom stereocenters. The number of benzene rings is 1. The van der Waals surface area contributed by atoms with Gasteiger partial charge in [0.25, 0.3) is 5.56 Å². The normalized spacial score (nSPS) is 19.5. The third-order valence-electron chi connectivity index (χ3n) is 4.92. The van der Waals surface area contributed by atoms with E-state index in [1.165, 1.54) is 10.9 Å². The third-order valence-corrected chi connectivity index (χ3v) is 6.12. The summed E-state index contributed by atoms with van der Waals surface area (Å²) in [7, 11) is 0. The fraction of sp³-hybridized carbons (Fsp3) is 0.500. The predicted octanol–water partition coefficient (Wildman–Crippen LogP) is 3.09. The van der Waals surface area contributed by atoms with Gasteiger partial charge < -0.3 is 10.1 Å². The number of hydrogen-bond donors (Lipinski definition) is 1. The Labute approximate surface area is 181 Å². The lowest BCUT2D eigenvalue weighted by Crippen LogP contribution is -2.48. The van der Waals surface area contributed by atoms with Gasteiger partial charge in [-0.25, -0.2) is 4.98 Å². The summed E-state index contributed by atoms with van der Waals surface area (Å²) < 4.78 is 7.50. The van der Waals surface area contributed by atoms with Gasteiger partial charge in [0, 0.05) is 10.9 Å². The van der Waals surface area contributed by atoms with Gasteiger partial charge in [0.2, 0.25) is 0 Å². The number of hydrogen-bond acceptors (Lipinski definition) is 6. The van der Waals surface area contributed by atoms with Crippen molar-refractivity contribution in [1.29, 1.82) is 0 Å². The standard InChI is InChI=1S/C20H23BrClN3O4/c1-11(2)20(28)29-18-4-3-5-23-17(18)6-12(26)9-25-10-24-16-8-14(21)15(22)7-13(16)19(25)27/h7-8,10-11,17-18,23H,3-6,9H2,1-2H3. The summed E-state index contributed by atoms with van der Waals surface area (Å²) >= 11 is 9.40. The van der Waals surface area contributed by atoms with Crippen LogP contribution in [0.25, 0.3) is 10.9 Å². The molecule has 1 aliphatic heterocycles. The van der Waals surface area contributed by atoms with Gasteiger partial charge in [0.15, 0.2) is 5.78 Å². The average molecular weight is 485 g/mol. The zero-order valence-electron chi connectivity index (χ0n) is 16.3. The van der Waals surface area contributed by atoms with Crippen molar-refractivity contribution in [2.75, 3.05) is 6.54 Å². The summed E-state index contributed by atoms with van der Waals surface area (Å²) in [5.41, 5.74) is 0.182. The fourth-order valence-corrected chi connectivity index (χ4v) is 3.81. The molecule has 9 heteroatoms. The van der Waals surface area contributed by atoms with Crippen LogP contribution in [-0.2, 0) is 20.9 Å².